The molecule has 0 aliphatic carbocycles. The standard InChI is InChI=1S/C17H26N2O2/c1-13(19(2)15-4-3-8-18-9-7-15)14-5-6-16-17(12-14)21-11-10-20-16/h5-6,12-13,15,18H,3-4,7-11H2,1-2H3. The molecule has 0 amide bonds. The van der Waals surface area contributed by atoms with Crippen LogP contribution in [-0.2, 0) is 0 Å². The maximum Gasteiger partial charge on any atom is 0.161 e. The number of fused-ring (bicyclic) bond motifs is 1. The van der Waals surface area contributed by atoms with Crippen molar-refractivity contribution in [2.45, 2.75) is 38.3 Å². The number of nitrogens with zero attached hydrogens (tertiary/aromatic N) is 1. The van der Waals surface area contributed by atoms with Crippen LogP contribution in [0.3, 0.4) is 0 Å². The first-order valence-electron chi connectivity index (χ1n) is 8.08. The summed E-state index contributed by atoms with van der Waals surface area (Å²) in [6.45, 7) is 5.86. The minimum absolute atomic E-state index is 0.393. The molecule has 0 aromatic heterocycles. The lowest BCUT2D eigenvalue weighted by atomic mass is 10.0. The van der Waals surface area contributed by atoms with Crippen molar-refractivity contribution >= 4 is 0 Å². The molecule has 4 nitrogen and oxygen atoms in total. The molecule has 0 saturated carbocycles. The van der Waals surface area contributed by atoms with E-state index in [1.54, 1.807) is 0 Å². The Hall–Kier alpha value is -1.26. The van der Waals surface area contributed by atoms with Crippen molar-refractivity contribution in [2.24, 2.45) is 0 Å². The van der Waals surface area contributed by atoms with Crippen molar-refractivity contribution < 1.29 is 9.47 Å². The van der Waals surface area contributed by atoms with E-state index in [9.17, 15) is 0 Å². The molecule has 2 aliphatic heterocycles. The van der Waals surface area contributed by atoms with Gasteiger partial charge in [-0.1, -0.05) is 6.07 Å². The SMILES string of the molecule is CC(c1ccc2c(c1)OCCO2)N(C)C1CCCNCC1. The minimum Gasteiger partial charge on any atom is -0.486 e. The maximum absolute atomic E-state index is 5.71. The molecule has 3 rings (SSSR count). The molecule has 0 radical (unpaired) electrons. The zero-order valence-electron chi connectivity index (χ0n) is 13.1. The van der Waals surface area contributed by atoms with E-state index in [2.05, 4.69) is 36.3 Å². The fraction of sp³-hybridized carbons (Fsp3) is 0.647. The van der Waals surface area contributed by atoms with E-state index in [4.69, 9.17) is 9.47 Å². The first kappa shape index (κ1) is 14.7. The Bertz CT molecular complexity index is 470. The summed E-state index contributed by atoms with van der Waals surface area (Å²) < 4.78 is 11.3. The second-order valence-corrected chi connectivity index (χ2v) is 6.08. The van der Waals surface area contributed by atoms with Crippen LogP contribution >= 0.6 is 0 Å². The summed E-state index contributed by atoms with van der Waals surface area (Å²) in [6.07, 6.45) is 3.77. The highest BCUT2D eigenvalue weighted by Gasteiger charge is 2.23. The Morgan fingerprint density at radius 1 is 1.14 bits per heavy atom. The predicted molar refractivity (Wildman–Crippen MR) is 84.1 cm³/mol. The summed E-state index contributed by atoms with van der Waals surface area (Å²) in [5, 5.41) is 3.49. The van der Waals surface area contributed by atoms with Crippen molar-refractivity contribution in [1.82, 2.24) is 10.2 Å². The van der Waals surface area contributed by atoms with E-state index < -0.39 is 0 Å². The monoisotopic (exact) mass is 290 g/mol. The van der Waals surface area contributed by atoms with E-state index in [0.29, 0.717) is 25.3 Å². The third-order valence-electron chi connectivity index (χ3n) is 4.78. The summed E-state index contributed by atoms with van der Waals surface area (Å²) in [6, 6.07) is 7.41. The van der Waals surface area contributed by atoms with Gasteiger partial charge in [0.15, 0.2) is 11.5 Å². The van der Waals surface area contributed by atoms with Gasteiger partial charge >= 0.3 is 0 Å². The van der Waals surface area contributed by atoms with E-state index in [1.165, 1.54) is 24.8 Å². The van der Waals surface area contributed by atoms with Gasteiger partial charge in [0.25, 0.3) is 0 Å². The average molecular weight is 290 g/mol. The first-order valence-corrected chi connectivity index (χ1v) is 8.08. The fourth-order valence-electron chi connectivity index (χ4n) is 3.28. The summed E-state index contributed by atoms with van der Waals surface area (Å²) in [5.74, 6) is 1.76. The molecular weight excluding hydrogens is 264 g/mol. The molecule has 1 N–H and O–H groups in total. The lowest BCUT2D eigenvalue weighted by Gasteiger charge is -2.33. The number of nitrogens with one attached hydrogen (secondary N) is 1. The molecule has 0 bridgehead atoms. The fourth-order valence-corrected chi connectivity index (χ4v) is 3.28. The molecule has 2 aliphatic rings. The summed E-state index contributed by atoms with van der Waals surface area (Å²) >= 11 is 0. The molecule has 2 heterocycles. The minimum atomic E-state index is 0.393. The van der Waals surface area contributed by atoms with Gasteiger partial charge in [-0.25, -0.2) is 0 Å². The highest BCUT2D eigenvalue weighted by atomic mass is 16.6. The van der Waals surface area contributed by atoms with Crippen molar-refractivity contribution in [3.05, 3.63) is 23.8 Å². The average Bonchev–Trinajstić information content (AvgIpc) is 2.82. The highest BCUT2D eigenvalue weighted by Crippen LogP contribution is 2.34. The normalized spacial score (nSPS) is 23.7. The molecule has 1 saturated heterocycles. The summed E-state index contributed by atoms with van der Waals surface area (Å²) in [4.78, 5) is 2.51. The number of hydrogen-bond acceptors (Lipinski definition) is 4. The van der Waals surface area contributed by atoms with Crippen molar-refractivity contribution in [3.8, 4) is 11.5 Å². The van der Waals surface area contributed by atoms with Gasteiger partial charge in [-0.05, 0) is 64.0 Å². The summed E-state index contributed by atoms with van der Waals surface area (Å²) in [5.41, 5.74) is 1.30. The Morgan fingerprint density at radius 3 is 2.81 bits per heavy atom. The van der Waals surface area contributed by atoms with Crippen LogP contribution in [-0.4, -0.2) is 44.3 Å². The highest BCUT2D eigenvalue weighted by molar-refractivity contribution is 5.44. The van der Waals surface area contributed by atoms with E-state index >= 15 is 0 Å². The Balaban J connectivity index is 1.72. The number of benzene rings is 1. The molecule has 21 heavy (non-hydrogen) atoms. The lowest BCUT2D eigenvalue weighted by Crippen LogP contribution is -2.34. The third kappa shape index (κ3) is 3.33. The van der Waals surface area contributed by atoms with Gasteiger partial charge in [-0.3, -0.25) is 4.90 Å². The van der Waals surface area contributed by atoms with Gasteiger partial charge in [0, 0.05) is 12.1 Å². The Kier molecular flexibility index (Phi) is 4.66. The molecule has 1 aromatic rings. The quantitative estimate of drug-likeness (QED) is 0.928. The second-order valence-electron chi connectivity index (χ2n) is 6.08. The van der Waals surface area contributed by atoms with Crippen LogP contribution in [0, 0.1) is 0 Å². The number of ether oxygens (including phenoxy) is 2. The van der Waals surface area contributed by atoms with Crippen LogP contribution in [0.4, 0.5) is 0 Å². The largest absolute Gasteiger partial charge is 0.486 e. The van der Waals surface area contributed by atoms with Crippen molar-refractivity contribution in [1.29, 1.82) is 0 Å². The Morgan fingerprint density at radius 2 is 1.95 bits per heavy atom. The van der Waals surface area contributed by atoms with Crippen LogP contribution in [0.15, 0.2) is 18.2 Å². The van der Waals surface area contributed by atoms with Crippen LogP contribution in [0.5, 0.6) is 11.5 Å². The third-order valence-corrected chi connectivity index (χ3v) is 4.78. The van der Waals surface area contributed by atoms with E-state index in [1.807, 2.05) is 6.07 Å². The molecule has 1 aromatic carbocycles. The van der Waals surface area contributed by atoms with Crippen LogP contribution in [0.1, 0.15) is 37.8 Å². The zero-order chi connectivity index (χ0) is 14.7. The first-order chi connectivity index (χ1) is 10.3. The topological polar surface area (TPSA) is 33.7 Å². The van der Waals surface area contributed by atoms with E-state index in [-0.39, 0.29) is 0 Å². The Labute approximate surface area is 127 Å². The van der Waals surface area contributed by atoms with Gasteiger partial charge in [0.05, 0.1) is 0 Å². The molecular formula is C17H26N2O2. The van der Waals surface area contributed by atoms with Gasteiger partial charge < -0.3 is 14.8 Å². The summed E-state index contributed by atoms with van der Waals surface area (Å²) in [7, 11) is 2.25. The number of rotatable bonds is 3. The molecule has 116 valence electrons. The van der Waals surface area contributed by atoms with Gasteiger partial charge in [-0.15, -0.1) is 0 Å². The van der Waals surface area contributed by atoms with Crippen LogP contribution < -0.4 is 14.8 Å². The molecule has 4 heteroatoms. The van der Waals surface area contributed by atoms with Gasteiger partial charge in [0.2, 0.25) is 0 Å². The number of hydrogen-bond donors (Lipinski definition) is 1. The lowest BCUT2D eigenvalue weighted by molar-refractivity contribution is 0.163. The van der Waals surface area contributed by atoms with Crippen LogP contribution in [0.25, 0.3) is 0 Å². The van der Waals surface area contributed by atoms with Gasteiger partial charge in [-0.2, -0.15) is 0 Å². The van der Waals surface area contributed by atoms with Crippen molar-refractivity contribution in [2.75, 3.05) is 33.4 Å². The molecule has 2 atom stereocenters. The van der Waals surface area contributed by atoms with Crippen LogP contribution in [0.2, 0.25) is 0 Å². The van der Waals surface area contributed by atoms with E-state index in [0.717, 1.165) is 24.6 Å². The smallest absolute Gasteiger partial charge is 0.161 e. The molecule has 1 fully saturated rings. The molecule has 2 unspecified atom stereocenters. The maximum atomic E-state index is 5.71. The van der Waals surface area contributed by atoms with Gasteiger partial charge in [0.1, 0.15) is 13.2 Å². The second kappa shape index (κ2) is 6.67. The van der Waals surface area contributed by atoms with Crippen molar-refractivity contribution in [3.63, 3.8) is 0 Å². The predicted octanol–water partition coefficient (Wildman–Crippen LogP) is 2.59. The zero-order valence-corrected chi connectivity index (χ0v) is 13.1. The molecule has 0 spiro atoms.